The minimum atomic E-state index is -0.538. The number of carbonyl (C=O) groups is 1. The van der Waals surface area contributed by atoms with Crippen molar-refractivity contribution in [2.75, 3.05) is 23.7 Å². The fourth-order valence-electron chi connectivity index (χ4n) is 3.17. The Morgan fingerprint density at radius 1 is 1.31 bits per heavy atom. The highest BCUT2D eigenvalue weighted by molar-refractivity contribution is 6.04. The van der Waals surface area contributed by atoms with Crippen molar-refractivity contribution >= 4 is 28.4 Å². The lowest BCUT2D eigenvalue weighted by Crippen LogP contribution is -2.18. The van der Waals surface area contributed by atoms with Gasteiger partial charge in [0.2, 0.25) is 0 Å². The van der Waals surface area contributed by atoms with Crippen molar-refractivity contribution in [3.63, 3.8) is 0 Å². The van der Waals surface area contributed by atoms with Crippen LogP contribution in [0.5, 0.6) is 0 Å². The van der Waals surface area contributed by atoms with E-state index in [1.807, 2.05) is 0 Å². The summed E-state index contributed by atoms with van der Waals surface area (Å²) >= 11 is 0. The summed E-state index contributed by atoms with van der Waals surface area (Å²) in [6.45, 7) is 2.49. The van der Waals surface area contributed by atoms with E-state index in [9.17, 15) is 14.3 Å². The van der Waals surface area contributed by atoms with Gasteiger partial charge in [-0.25, -0.2) is 13.9 Å². The first-order valence-corrected chi connectivity index (χ1v) is 9.03. The van der Waals surface area contributed by atoms with Crippen LogP contribution in [-0.4, -0.2) is 43.1 Å². The van der Waals surface area contributed by atoms with Crippen molar-refractivity contribution in [1.29, 1.82) is 0 Å². The summed E-state index contributed by atoms with van der Waals surface area (Å²) in [7, 11) is 0. The maximum absolute atomic E-state index is 14.3. The van der Waals surface area contributed by atoms with Crippen LogP contribution in [0.15, 0.2) is 36.7 Å². The van der Waals surface area contributed by atoms with E-state index in [-0.39, 0.29) is 23.6 Å². The number of hydrogen-bond donors (Lipinski definition) is 4. The highest BCUT2D eigenvalue weighted by Crippen LogP contribution is 2.22. The molecule has 0 fully saturated rings. The number of imidazole rings is 1. The summed E-state index contributed by atoms with van der Waals surface area (Å²) < 4.78 is 17.2. The Morgan fingerprint density at radius 3 is 2.90 bits per heavy atom. The van der Waals surface area contributed by atoms with Crippen LogP contribution in [-0.2, 0) is 6.61 Å². The van der Waals surface area contributed by atoms with Gasteiger partial charge in [0.05, 0.1) is 34.9 Å². The number of aromatic nitrogens is 4. The van der Waals surface area contributed by atoms with Gasteiger partial charge in [0.1, 0.15) is 5.69 Å². The van der Waals surface area contributed by atoms with Crippen LogP contribution >= 0.6 is 0 Å². The lowest BCUT2D eigenvalue weighted by molar-refractivity contribution is 0.102. The first-order valence-electron chi connectivity index (χ1n) is 9.03. The Hall–Kier alpha value is -3.50. The molecule has 10 heteroatoms. The van der Waals surface area contributed by atoms with Gasteiger partial charge in [-0.15, -0.1) is 0 Å². The number of halogens is 1. The van der Waals surface area contributed by atoms with E-state index >= 15 is 0 Å². The molecule has 0 unspecified atom stereocenters. The molecule has 4 heterocycles. The molecule has 4 aromatic rings. The van der Waals surface area contributed by atoms with Gasteiger partial charge >= 0.3 is 0 Å². The molecule has 150 valence electrons. The van der Waals surface area contributed by atoms with Gasteiger partial charge in [-0.2, -0.15) is 5.10 Å². The zero-order valence-electron chi connectivity index (χ0n) is 15.7. The van der Waals surface area contributed by atoms with Gasteiger partial charge < -0.3 is 25.9 Å². The Bertz CT molecular complexity index is 1210. The Kier molecular flexibility index (Phi) is 4.87. The number of hydrogen-bond acceptors (Lipinski definition) is 6. The number of fused-ring (bicyclic) bond motifs is 2. The van der Waals surface area contributed by atoms with Crippen LogP contribution in [0.2, 0.25) is 0 Å². The van der Waals surface area contributed by atoms with E-state index in [2.05, 4.69) is 20.7 Å². The normalized spacial score (nSPS) is 11.3. The zero-order valence-corrected chi connectivity index (χ0v) is 15.7. The van der Waals surface area contributed by atoms with Crippen LogP contribution in [0.4, 0.5) is 15.8 Å². The molecule has 0 bridgehead atoms. The molecule has 0 spiro atoms. The van der Waals surface area contributed by atoms with Crippen LogP contribution in [0.25, 0.3) is 11.2 Å². The minimum absolute atomic E-state index is 0.192. The summed E-state index contributed by atoms with van der Waals surface area (Å²) in [5.41, 5.74) is 8.71. The van der Waals surface area contributed by atoms with Gasteiger partial charge in [-0.1, -0.05) is 0 Å². The molecule has 9 nitrogen and oxygen atoms in total. The number of amides is 1. The van der Waals surface area contributed by atoms with Gasteiger partial charge in [-0.3, -0.25) is 4.79 Å². The second-order valence-corrected chi connectivity index (χ2v) is 6.58. The summed E-state index contributed by atoms with van der Waals surface area (Å²) in [5, 5.41) is 19.6. The number of aliphatic hydroxyl groups is 1. The van der Waals surface area contributed by atoms with Crippen LogP contribution in [0, 0.1) is 12.7 Å². The van der Waals surface area contributed by atoms with Crippen LogP contribution in [0.1, 0.15) is 21.9 Å². The fraction of sp³-hybridized carbons (Fsp3) is 0.211. The summed E-state index contributed by atoms with van der Waals surface area (Å²) in [6.07, 6.45) is 3.26. The molecule has 1 amide bonds. The monoisotopic (exact) mass is 397 g/mol. The molecule has 0 aliphatic heterocycles. The maximum atomic E-state index is 14.3. The highest BCUT2D eigenvalue weighted by atomic mass is 19.1. The Balaban J connectivity index is 1.70. The summed E-state index contributed by atoms with van der Waals surface area (Å²) in [4.78, 5) is 17.0. The van der Waals surface area contributed by atoms with E-state index < -0.39 is 11.7 Å². The molecule has 0 radical (unpaired) electrons. The number of rotatable bonds is 6. The molecule has 4 aromatic heterocycles. The summed E-state index contributed by atoms with van der Waals surface area (Å²) in [6, 6.07) is 6.25. The zero-order chi connectivity index (χ0) is 20.5. The molecule has 4 rings (SSSR count). The van der Waals surface area contributed by atoms with Crippen molar-refractivity contribution in [2.24, 2.45) is 5.73 Å². The Morgan fingerprint density at radius 2 is 2.14 bits per heavy atom. The van der Waals surface area contributed by atoms with Gasteiger partial charge in [0, 0.05) is 31.5 Å². The third-order valence-electron chi connectivity index (χ3n) is 4.41. The summed E-state index contributed by atoms with van der Waals surface area (Å²) in [5.74, 6) is -1.01. The first kappa shape index (κ1) is 18.8. The lowest BCUT2D eigenvalue weighted by atomic mass is 10.2. The number of anilines is 2. The van der Waals surface area contributed by atoms with Gasteiger partial charge in [0.15, 0.2) is 11.5 Å². The first-order chi connectivity index (χ1) is 14.0. The number of carbonyl (C=O) groups excluding carboxylic acids is 1. The number of pyridine rings is 2. The third-order valence-corrected chi connectivity index (χ3v) is 4.41. The predicted octanol–water partition coefficient (Wildman–Crippen LogP) is 1.54. The molecule has 0 saturated carbocycles. The number of nitrogens with two attached hydrogens (primary N) is 1. The average Bonchev–Trinajstić information content (AvgIpc) is 3.29. The van der Waals surface area contributed by atoms with E-state index in [1.54, 1.807) is 37.5 Å². The average molecular weight is 397 g/mol. The van der Waals surface area contributed by atoms with E-state index in [0.717, 1.165) is 5.69 Å². The topological polar surface area (TPSA) is 122 Å². The molecular formula is C19H20FN7O2. The third kappa shape index (κ3) is 3.50. The van der Waals surface area contributed by atoms with Crippen molar-refractivity contribution in [1.82, 2.24) is 19.0 Å². The second-order valence-electron chi connectivity index (χ2n) is 6.58. The van der Waals surface area contributed by atoms with E-state index in [1.165, 1.54) is 15.0 Å². The number of nitrogens with one attached hydrogen (secondary N) is 2. The highest BCUT2D eigenvalue weighted by Gasteiger charge is 2.17. The van der Waals surface area contributed by atoms with Crippen molar-refractivity contribution in [3.05, 3.63) is 59.6 Å². The maximum Gasteiger partial charge on any atom is 0.274 e. The Labute approximate surface area is 165 Å². The second kappa shape index (κ2) is 7.49. The molecule has 0 aliphatic rings. The SMILES string of the molecule is Cc1cn2cc(NC(=O)c3ccc(NCCN)c4cc(CO)nn34)cc(F)c2n1. The molecule has 0 saturated heterocycles. The lowest BCUT2D eigenvalue weighted by Gasteiger charge is -2.11. The van der Waals surface area contributed by atoms with E-state index in [0.29, 0.717) is 30.0 Å². The smallest absolute Gasteiger partial charge is 0.274 e. The molecular weight excluding hydrogens is 377 g/mol. The standard InChI is InChI=1S/C19H20FN7O2/c1-11-8-26-9-12(6-14(20)18(26)23-11)24-19(29)16-3-2-15(22-5-4-21)17-7-13(10-28)25-27(16)17/h2-3,6-9,22,28H,4-5,10,21H2,1H3,(H,24,29). The van der Waals surface area contributed by atoms with Crippen LogP contribution in [0.3, 0.4) is 0 Å². The van der Waals surface area contributed by atoms with Crippen molar-refractivity contribution < 1.29 is 14.3 Å². The van der Waals surface area contributed by atoms with Gasteiger partial charge in [-0.05, 0) is 25.1 Å². The molecule has 0 aromatic carbocycles. The molecule has 0 atom stereocenters. The van der Waals surface area contributed by atoms with Crippen molar-refractivity contribution in [3.8, 4) is 0 Å². The quantitative estimate of drug-likeness (QED) is 0.392. The number of aliphatic hydroxyl groups excluding tert-OH is 1. The fourth-order valence-corrected chi connectivity index (χ4v) is 3.17. The minimum Gasteiger partial charge on any atom is -0.390 e. The molecule has 0 aliphatic carbocycles. The predicted molar refractivity (Wildman–Crippen MR) is 106 cm³/mol. The molecule has 29 heavy (non-hydrogen) atoms. The number of nitrogens with zero attached hydrogens (tertiary/aromatic N) is 4. The van der Waals surface area contributed by atoms with Crippen LogP contribution < -0.4 is 16.4 Å². The van der Waals surface area contributed by atoms with Crippen molar-refractivity contribution in [2.45, 2.75) is 13.5 Å². The molecule has 5 N–H and O–H groups in total. The van der Waals surface area contributed by atoms with E-state index in [4.69, 9.17) is 5.73 Å². The number of aryl methyl sites for hydroxylation is 1. The largest absolute Gasteiger partial charge is 0.390 e. The van der Waals surface area contributed by atoms with Gasteiger partial charge in [0.25, 0.3) is 5.91 Å².